The number of nitrogens with zero attached hydrogens (tertiary/aromatic N) is 2. The molecule has 0 spiro atoms. The Morgan fingerprint density at radius 1 is 1.18 bits per heavy atom. The summed E-state index contributed by atoms with van der Waals surface area (Å²) in [4.78, 5) is 5.31. The summed E-state index contributed by atoms with van der Waals surface area (Å²) in [5.41, 5.74) is 0. The van der Waals surface area contributed by atoms with Gasteiger partial charge < -0.3 is 15.4 Å². The minimum absolute atomic E-state index is 0. The third-order valence-corrected chi connectivity index (χ3v) is 2.64. The number of alkyl halides is 3. The van der Waals surface area contributed by atoms with Crippen molar-refractivity contribution >= 4 is 29.9 Å². The lowest BCUT2D eigenvalue weighted by Gasteiger charge is -2.18. The van der Waals surface area contributed by atoms with Crippen LogP contribution in [0.2, 0.25) is 0 Å². The zero-order valence-electron chi connectivity index (χ0n) is 13.5. The van der Waals surface area contributed by atoms with Gasteiger partial charge in [0.1, 0.15) is 0 Å². The van der Waals surface area contributed by atoms with E-state index in [1.54, 1.807) is 7.05 Å². The second-order valence-corrected chi connectivity index (χ2v) is 4.68. The molecule has 0 aromatic carbocycles. The molecule has 0 radical (unpaired) electrons. The first kappa shape index (κ1) is 24.0. The molecular formula is C13H28F3IN4O. The molecule has 0 rings (SSSR count). The number of ether oxygens (including phenoxy) is 1. The highest BCUT2D eigenvalue weighted by Gasteiger charge is 2.28. The molecule has 0 saturated carbocycles. The number of aliphatic imine (C=N–C) groups is 1. The molecule has 0 saturated heterocycles. The van der Waals surface area contributed by atoms with Crippen molar-refractivity contribution in [3.63, 3.8) is 0 Å². The first-order chi connectivity index (χ1) is 9.89. The third kappa shape index (κ3) is 16.1. The van der Waals surface area contributed by atoms with E-state index in [2.05, 4.69) is 15.6 Å². The largest absolute Gasteiger partial charge is 0.401 e. The van der Waals surface area contributed by atoms with Gasteiger partial charge in [-0.15, -0.1) is 24.0 Å². The molecule has 9 heteroatoms. The van der Waals surface area contributed by atoms with E-state index in [1.807, 2.05) is 6.92 Å². The molecule has 0 amide bonds. The Balaban J connectivity index is 0. The lowest BCUT2D eigenvalue weighted by molar-refractivity contribution is -0.143. The van der Waals surface area contributed by atoms with E-state index in [4.69, 9.17) is 4.74 Å². The third-order valence-electron chi connectivity index (χ3n) is 2.64. The second kappa shape index (κ2) is 14.3. The Morgan fingerprint density at radius 2 is 1.77 bits per heavy atom. The smallest absolute Gasteiger partial charge is 0.382 e. The normalized spacial score (nSPS) is 12.2. The molecule has 0 aliphatic carbocycles. The SMILES string of the molecule is CCOCCCNC(=NC)NCCCN(C)CC(F)(F)F.I. The van der Waals surface area contributed by atoms with Gasteiger partial charge in [-0.05, 0) is 33.4 Å². The first-order valence-electron chi connectivity index (χ1n) is 7.16. The molecule has 0 fully saturated rings. The van der Waals surface area contributed by atoms with E-state index in [1.165, 1.54) is 11.9 Å². The van der Waals surface area contributed by atoms with Gasteiger partial charge in [0.2, 0.25) is 0 Å². The Bertz CT molecular complexity index is 291. The summed E-state index contributed by atoms with van der Waals surface area (Å²) in [6.07, 6.45) is -2.64. The monoisotopic (exact) mass is 440 g/mol. The second-order valence-electron chi connectivity index (χ2n) is 4.68. The number of hydrogen-bond acceptors (Lipinski definition) is 3. The van der Waals surface area contributed by atoms with Crippen LogP contribution in [-0.4, -0.2) is 70.5 Å². The van der Waals surface area contributed by atoms with Crippen LogP contribution in [0.15, 0.2) is 4.99 Å². The number of guanidine groups is 1. The quantitative estimate of drug-likeness (QED) is 0.237. The van der Waals surface area contributed by atoms with E-state index in [0.29, 0.717) is 38.7 Å². The van der Waals surface area contributed by atoms with E-state index < -0.39 is 12.7 Å². The van der Waals surface area contributed by atoms with Crippen LogP contribution in [0.3, 0.4) is 0 Å². The van der Waals surface area contributed by atoms with E-state index in [-0.39, 0.29) is 24.0 Å². The van der Waals surface area contributed by atoms with Crippen molar-refractivity contribution in [1.29, 1.82) is 0 Å². The fourth-order valence-corrected chi connectivity index (χ4v) is 1.69. The molecule has 134 valence electrons. The van der Waals surface area contributed by atoms with Crippen LogP contribution >= 0.6 is 24.0 Å². The minimum Gasteiger partial charge on any atom is -0.382 e. The van der Waals surface area contributed by atoms with Gasteiger partial charge in [-0.2, -0.15) is 13.2 Å². The highest BCUT2D eigenvalue weighted by atomic mass is 127. The van der Waals surface area contributed by atoms with E-state index >= 15 is 0 Å². The average molecular weight is 440 g/mol. The Hall–Kier alpha value is -0.290. The predicted octanol–water partition coefficient (Wildman–Crippen LogP) is 2.08. The van der Waals surface area contributed by atoms with Crippen LogP contribution < -0.4 is 10.6 Å². The van der Waals surface area contributed by atoms with Crippen LogP contribution in [0, 0.1) is 0 Å². The maximum Gasteiger partial charge on any atom is 0.401 e. The molecule has 0 atom stereocenters. The number of rotatable bonds is 10. The van der Waals surface area contributed by atoms with Gasteiger partial charge in [0.05, 0.1) is 6.54 Å². The Labute approximate surface area is 148 Å². The van der Waals surface area contributed by atoms with Crippen molar-refractivity contribution in [3.05, 3.63) is 0 Å². The van der Waals surface area contributed by atoms with Gasteiger partial charge in [-0.3, -0.25) is 9.89 Å². The molecule has 0 bridgehead atoms. The number of halogens is 4. The Kier molecular flexibility index (Phi) is 15.6. The van der Waals surface area contributed by atoms with E-state index in [9.17, 15) is 13.2 Å². The number of hydrogen-bond donors (Lipinski definition) is 2. The molecule has 0 aromatic heterocycles. The standard InChI is InChI=1S/C13H27F3N4O.HI/c1-4-21-10-6-8-19-12(17-2)18-7-5-9-20(3)11-13(14,15)16;/h4-11H2,1-3H3,(H2,17,18,19);1H. The maximum absolute atomic E-state index is 12.1. The highest BCUT2D eigenvalue weighted by molar-refractivity contribution is 14.0. The van der Waals surface area contributed by atoms with Gasteiger partial charge in [-0.1, -0.05) is 0 Å². The first-order valence-corrected chi connectivity index (χ1v) is 7.16. The summed E-state index contributed by atoms with van der Waals surface area (Å²) < 4.78 is 41.6. The molecule has 22 heavy (non-hydrogen) atoms. The van der Waals surface area contributed by atoms with Crippen LogP contribution in [0.4, 0.5) is 13.2 Å². The zero-order valence-corrected chi connectivity index (χ0v) is 15.8. The van der Waals surface area contributed by atoms with Crippen LogP contribution in [0.5, 0.6) is 0 Å². The fraction of sp³-hybridized carbons (Fsp3) is 0.923. The van der Waals surface area contributed by atoms with Gasteiger partial charge in [0.25, 0.3) is 0 Å². The molecule has 0 aliphatic heterocycles. The van der Waals surface area contributed by atoms with Gasteiger partial charge in [-0.25, -0.2) is 0 Å². The van der Waals surface area contributed by atoms with Crippen molar-refractivity contribution < 1.29 is 17.9 Å². The lowest BCUT2D eigenvalue weighted by Crippen LogP contribution is -2.39. The average Bonchev–Trinajstić information content (AvgIpc) is 2.39. The molecular weight excluding hydrogens is 412 g/mol. The van der Waals surface area contributed by atoms with Gasteiger partial charge >= 0.3 is 6.18 Å². The Morgan fingerprint density at radius 3 is 2.27 bits per heavy atom. The lowest BCUT2D eigenvalue weighted by atomic mass is 10.4. The molecule has 2 N–H and O–H groups in total. The predicted molar refractivity (Wildman–Crippen MR) is 94.1 cm³/mol. The summed E-state index contributed by atoms with van der Waals surface area (Å²) in [7, 11) is 3.13. The molecule has 5 nitrogen and oxygen atoms in total. The van der Waals surface area contributed by atoms with Crippen molar-refractivity contribution in [2.24, 2.45) is 4.99 Å². The van der Waals surface area contributed by atoms with Gasteiger partial charge in [0, 0.05) is 33.4 Å². The summed E-state index contributed by atoms with van der Waals surface area (Å²) >= 11 is 0. The van der Waals surface area contributed by atoms with E-state index in [0.717, 1.165) is 13.0 Å². The summed E-state index contributed by atoms with van der Waals surface area (Å²) in [6, 6.07) is 0. The molecule has 0 heterocycles. The highest BCUT2D eigenvalue weighted by Crippen LogP contribution is 2.15. The van der Waals surface area contributed by atoms with Crippen molar-refractivity contribution in [2.75, 3.05) is 53.5 Å². The maximum atomic E-state index is 12.1. The van der Waals surface area contributed by atoms with Crippen LogP contribution in [0.1, 0.15) is 19.8 Å². The minimum atomic E-state index is -4.14. The summed E-state index contributed by atoms with van der Waals surface area (Å²) in [5, 5.41) is 6.19. The van der Waals surface area contributed by atoms with Crippen LogP contribution in [0.25, 0.3) is 0 Å². The molecule has 0 unspecified atom stereocenters. The topological polar surface area (TPSA) is 48.9 Å². The van der Waals surface area contributed by atoms with Crippen molar-refractivity contribution in [2.45, 2.75) is 25.9 Å². The fourth-order valence-electron chi connectivity index (χ4n) is 1.69. The van der Waals surface area contributed by atoms with Crippen molar-refractivity contribution in [3.8, 4) is 0 Å². The van der Waals surface area contributed by atoms with Crippen molar-refractivity contribution in [1.82, 2.24) is 15.5 Å². The number of nitrogens with one attached hydrogen (secondary N) is 2. The summed E-state index contributed by atoms with van der Waals surface area (Å²) in [6.45, 7) is 4.18. The molecule has 0 aromatic rings. The van der Waals surface area contributed by atoms with Gasteiger partial charge in [0.15, 0.2) is 5.96 Å². The van der Waals surface area contributed by atoms with Crippen LogP contribution in [-0.2, 0) is 4.74 Å². The summed E-state index contributed by atoms with van der Waals surface area (Å²) in [5.74, 6) is 0.657. The molecule has 0 aliphatic rings. The zero-order chi connectivity index (χ0) is 16.1.